The van der Waals surface area contributed by atoms with Gasteiger partial charge in [-0.15, -0.1) is 0 Å². The molecule has 0 saturated heterocycles. The van der Waals surface area contributed by atoms with Gasteiger partial charge in [-0.3, -0.25) is 0 Å². The van der Waals surface area contributed by atoms with Crippen LogP contribution in [0.15, 0.2) is 54.9 Å². The van der Waals surface area contributed by atoms with Crippen LogP contribution in [0.1, 0.15) is 41.8 Å². The van der Waals surface area contributed by atoms with Crippen LogP contribution in [0.4, 0.5) is 0 Å². The second-order valence-corrected chi connectivity index (χ2v) is 8.08. The first-order valence-electron chi connectivity index (χ1n) is 11.2. The molecular formula is C26H27N5O. The van der Waals surface area contributed by atoms with Gasteiger partial charge in [0.15, 0.2) is 0 Å². The molecule has 6 nitrogen and oxygen atoms in total. The van der Waals surface area contributed by atoms with Crippen molar-refractivity contribution in [2.75, 3.05) is 6.61 Å². The van der Waals surface area contributed by atoms with Crippen LogP contribution in [-0.2, 0) is 19.3 Å². The summed E-state index contributed by atoms with van der Waals surface area (Å²) < 4.78 is 5.66. The Bertz CT molecular complexity index is 1370. The largest absolute Gasteiger partial charge is 0.494 e. The molecule has 0 atom stereocenters. The number of aromatic nitrogens is 5. The van der Waals surface area contributed by atoms with E-state index in [2.05, 4.69) is 56.5 Å². The summed E-state index contributed by atoms with van der Waals surface area (Å²) in [6, 6.07) is 14.5. The first-order chi connectivity index (χ1) is 15.7. The third kappa shape index (κ3) is 4.21. The number of hydrogen-bond donors (Lipinski definition) is 2. The Morgan fingerprint density at radius 1 is 0.969 bits per heavy atom. The van der Waals surface area contributed by atoms with E-state index < -0.39 is 0 Å². The smallest absolute Gasteiger partial charge is 0.128 e. The lowest BCUT2D eigenvalue weighted by Crippen LogP contribution is -2.01. The number of nitrogens with one attached hydrogen (secondary N) is 2. The third-order valence-electron chi connectivity index (χ3n) is 5.75. The summed E-state index contributed by atoms with van der Waals surface area (Å²) in [6.07, 6.45) is 7.52. The molecule has 5 aromatic rings. The lowest BCUT2D eigenvalue weighted by atomic mass is 10.1. The minimum absolute atomic E-state index is 0.674. The van der Waals surface area contributed by atoms with Crippen molar-refractivity contribution in [2.24, 2.45) is 0 Å². The summed E-state index contributed by atoms with van der Waals surface area (Å²) in [5, 5.41) is 1.23. The van der Waals surface area contributed by atoms with Crippen molar-refractivity contribution >= 4 is 21.9 Å². The molecule has 0 radical (unpaired) electrons. The molecule has 2 N–H and O–H groups in total. The van der Waals surface area contributed by atoms with Gasteiger partial charge in [-0.2, -0.15) is 0 Å². The van der Waals surface area contributed by atoms with E-state index in [9.17, 15) is 0 Å². The van der Waals surface area contributed by atoms with Gasteiger partial charge in [-0.1, -0.05) is 12.1 Å². The Labute approximate surface area is 187 Å². The number of nitrogens with zero attached hydrogens (tertiary/aromatic N) is 3. The third-order valence-corrected chi connectivity index (χ3v) is 5.75. The monoisotopic (exact) mass is 425 g/mol. The van der Waals surface area contributed by atoms with E-state index >= 15 is 0 Å². The fraction of sp³-hybridized carbons (Fsp3) is 0.269. The second-order valence-electron chi connectivity index (χ2n) is 8.08. The van der Waals surface area contributed by atoms with Crippen molar-refractivity contribution in [3.8, 4) is 5.75 Å². The summed E-state index contributed by atoms with van der Waals surface area (Å²) in [6.45, 7) is 4.66. The van der Waals surface area contributed by atoms with E-state index in [-0.39, 0.29) is 0 Å². The van der Waals surface area contributed by atoms with Crippen molar-refractivity contribution in [2.45, 2.75) is 39.5 Å². The number of rotatable bonds is 8. The average molecular weight is 426 g/mol. The zero-order valence-electron chi connectivity index (χ0n) is 18.5. The summed E-state index contributed by atoms with van der Waals surface area (Å²) in [5.74, 6) is 2.74. The highest BCUT2D eigenvalue weighted by atomic mass is 16.5. The van der Waals surface area contributed by atoms with Crippen LogP contribution in [0.3, 0.4) is 0 Å². The van der Waals surface area contributed by atoms with Crippen molar-refractivity contribution in [1.82, 2.24) is 24.9 Å². The molecule has 0 bridgehead atoms. The summed E-state index contributed by atoms with van der Waals surface area (Å²) >= 11 is 0. The van der Waals surface area contributed by atoms with Gasteiger partial charge in [0.05, 0.1) is 17.6 Å². The first-order valence-corrected chi connectivity index (χ1v) is 11.2. The van der Waals surface area contributed by atoms with Crippen LogP contribution in [0.5, 0.6) is 5.75 Å². The number of para-hydroxylation sites is 1. The van der Waals surface area contributed by atoms with Crippen molar-refractivity contribution in [1.29, 1.82) is 0 Å². The number of H-pyrrole nitrogens is 2. The van der Waals surface area contributed by atoms with Crippen LogP contribution >= 0.6 is 0 Å². The molecule has 6 heteroatoms. The number of aryl methyl sites for hydroxylation is 3. The van der Waals surface area contributed by atoms with Crippen LogP contribution in [0, 0.1) is 6.92 Å². The van der Waals surface area contributed by atoms with E-state index in [1.54, 1.807) is 0 Å². The molecule has 3 aromatic heterocycles. The van der Waals surface area contributed by atoms with Gasteiger partial charge in [0.25, 0.3) is 0 Å². The lowest BCUT2D eigenvalue weighted by molar-refractivity contribution is 0.340. The number of benzene rings is 2. The molecule has 2 aromatic carbocycles. The maximum atomic E-state index is 5.66. The topological polar surface area (TPSA) is 79.5 Å². The molecule has 0 unspecified atom stereocenters. The minimum Gasteiger partial charge on any atom is -0.494 e. The Kier molecular flexibility index (Phi) is 5.58. The van der Waals surface area contributed by atoms with E-state index in [0.717, 1.165) is 65.3 Å². The Morgan fingerprint density at radius 3 is 2.81 bits per heavy atom. The maximum absolute atomic E-state index is 5.66. The van der Waals surface area contributed by atoms with Crippen molar-refractivity contribution < 1.29 is 4.74 Å². The Balaban J connectivity index is 1.26. The molecule has 0 aliphatic rings. The molecule has 32 heavy (non-hydrogen) atoms. The normalized spacial score (nSPS) is 11.4. The zero-order valence-corrected chi connectivity index (χ0v) is 18.5. The SMILES string of the molecule is CCOc1ccc2[nH]cc(CCCc3nccc(Cc4cccc5[nH]c(C)nc45)n3)c2c1. The molecule has 3 heterocycles. The molecular weight excluding hydrogens is 398 g/mol. The standard InChI is InChI=1S/C26H27N5O/c1-3-32-21-10-11-23-22(15-21)19(16-28-23)7-5-9-25-27-13-12-20(31-25)14-18-6-4-8-24-26(18)30-17(2)29-24/h4,6,8,10-13,15-16,28H,3,5,7,9,14H2,1-2H3,(H,29,30). The minimum atomic E-state index is 0.674. The Morgan fingerprint density at radius 2 is 1.91 bits per heavy atom. The Hall–Kier alpha value is -3.67. The maximum Gasteiger partial charge on any atom is 0.128 e. The zero-order chi connectivity index (χ0) is 21.9. The van der Waals surface area contributed by atoms with Gasteiger partial charge in [0.1, 0.15) is 17.4 Å². The van der Waals surface area contributed by atoms with Crippen LogP contribution in [0.25, 0.3) is 21.9 Å². The molecule has 0 amide bonds. The van der Waals surface area contributed by atoms with Crippen molar-refractivity contribution in [3.05, 3.63) is 83.3 Å². The predicted octanol–water partition coefficient (Wildman–Crippen LogP) is 5.31. The fourth-order valence-electron chi connectivity index (χ4n) is 4.27. The number of aromatic amines is 2. The quantitative estimate of drug-likeness (QED) is 0.353. The molecule has 0 aliphatic carbocycles. The number of fused-ring (bicyclic) bond motifs is 2. The van der Waals surface area contributed by atoms with Gasteiger partial charge in [-0.05, 0) is 68.1 Å². The molecule has 0 fully saturated rings. The van der Waals surface area contributed by atoms with Gasteiger partial charge in [0.2, 0.25) is 0 Å². The summed E-state index contributed by atoms with van der Waals surface area (Å²) in [5.41, 5.74) is 6.75. The highest BCUT2D eigenvalue weighted by Gasteiger charge is 2.09. The van der Waals surface area contributed by atoms with Crippen molar-refractivity contribution in [3.63, 3.8) is 0 Å². The molecule has 0 saturated carbocycles. The van der Waals surface area contributed by atoms with Gasteiger partial charge in [-0.25, -0.2) is 15.0 Å². The summed E-state index contributed by atoms with van der Waals surface area (Å²) in [4.78, 5) is 20.6. The second kappa shape index (κ2) is 8.83. The van der Waals surface area contributed by atoms with Crippen LogP contribution in [0.2, 0.25) is 0 Å². The molecule has 5 rings (SSSR count). The molecule has 162 valence electrons. The van der Waals surface area contributed by atoms with Gasteiger partial charge >= 0.3 is 0 Å². The summed E-state index contributed by atoms with van der Waals surface area (Å²) in [7, 11) is 0. The van der Waals surface area contributed by atoms with Crippen LogP contribution < -0.4 is 4.74 Å². The van der Waals surface area contributed by atoms with E-state index in [1.165, 1.54) is 16.5 Å². The average Bonchev–Trinajstić information content (AvgIpc) is 3.37. The van der Waals surface area contributed by atoms with E-state index in [4.69, 9.17) is 9.72 Å². The van der Waals surface area contributed by atoms with Gasteiger partial charge < -0.3 is 14.7 Å². The molecule has 0 spiro atoms. The lowest BCUT2D eigenvalue weighted by Gasteiger charge is -2.06. The van der Waals surface area contributed by atoms with Gasteiger partial charge in [0, 0.05) is 41.8 Å². The van der Waals surface area contributed by atoms with E-state index in [1.807, 2.05) is 32.2 Å². The highest BCUT2D eigenvalue weighted by Crippen LogP contribution is 2.25. The fourth-order valence-corrected chi connectivity index (χ4v) is 4.27. The van der Waals surface area contributed by atoms with Crippen LogP contribution in [-0.4, -0.2) is 31.5 Å². The predicted molar refractivity (Wildman–Crippen MR) is 127 cm³/mol. The van der Waals surface area contributed by atoms with E-state index in [0.29, 0.717) is 6.61 Å². The number of ether oxygens (including phenoxy) is 1. The number of imidazole rings is 1. The highest BCUT2D eigenvalue weighted by molar-refractivity contribution is 5.84. The molecule has 0 aliphatic heterocycles. The number of hydrogen-bond acceptors (Lipinski definition) is 4. The first kappa shape index (κ1) is 20.2.